The van der Waals surface area contributed by atoms with Crippen molar-refractivity contribution in [3.05, 3.63) is 77.9 Å². The van der Waals surface area contributed by atoms with Gasteiger partial charge in [0.25, 0.3) is 5.91 Å². The smallest absolute Gasteiger partial charge is 0.256 e. The van der Waals surface area contributed by atoms with Crippen molar-refractivity contribution < 1.29 is 13.6 Å². The normalized spacial score (nSPS) is 16.2. The number of benzene rings is 1. The van der Waals surface area contributed by atoms with Gasteiger partial charge in [0.2, 0.25) is 0 Å². The van der Waals surface area contributed by atoms with E-state index in [2.05, 4.69) is 21.0 Å². The molecule has 8 heteroatoms. The third-order valence-electron chi connectivity index (χ3n) is 6.24. The van der Waals surface area contributed by atoms with Gasteiger partial charge in [0.15, 0.2) is 0 Å². The molecule has 0 bridgehead atoms. The van der Waals surface area contributed by atoms with Crippen LogP contribution in [0.4, 0.5) is 8.78 Å². The molecule has 1 unspecified atom stereocenters. The van der Waals surface area contributed by atoms with E-state index in [1.807, 2.05) is 6.92 Å². The number of aromatic nitrogens is 3. The third kappa shape index (κ3) is 4.06. The second kappa shape index (κ2) is 8.79. The highest BCUT2D eigenvalue weighted by atomic mass is 19.1. The molecule has 0 aliphatic carbocycles. The zero-order chi connectivity index (χ0) is 22.7. The van der Waals surface area contributed by atoms with E-state index >= 15 is 0 Å². The molecule has 0 N–H and O–H groups in total. The largest absolute Gasteiger partial charge is 0.338 e. The van der Waals surface area contributed by atoms with Gasteiger partial charge in [0.05, 0.1) is 22.7 Å². The first-order valence-electron chi connectivity index (χ1n) is 10.3. The van der Waals surface area contributed by atoms with Gasteiger partial charge < -0.3 is 4.90 Å². The summed E-state index contributed by atoms with van der Waals surface area (Å²) in [5.74, 6) is -1.91. The Morgan fingerprint density at radius 2 is 1.84 bits per heavy atom. The summed E-state index contributed by atoms with van der Waals surface area (Å²) in [5.41, 5.74) is 1.08. The Kier molecular flexibility index (Phi) is 5.91. The van der Waals surface area contributed by atoms with Crippen LogP contribution in [-0.2, 0) is 0 Å². The molecule has 1 amide bonds. The molecule has 1 fully saturated rings. The number of halogens is 2. The number of nitrogens with zero attached hydrogens (tertiary/aromatic N) is 5. The summed E-state index contributed by atoms with van der Waals surface area (Å²) in [6.45, 7) is 2.52. The predicted octanol–water partition coefficient (Wildman–Crippen LogP) is 4.37. The molecule has 32 heavy (non-hydrogen) atoms. The van der Waals surface area contributed by atoms with Crippen molar-refractivity contribution in [2.75, 3.05) is 13.1 Å². The highest BCUT2D eigenvalue weighted by molar-refractivity contribution is 5.99. The van der Waals surface area contributed by atoms with E-state index in [-0.39, 0.29) is 11.8 Å². The summed E-state index contributed by atoms with van der Waals surface area (Å²) in [6.07, 6.45) is 5.39. The Morgan fingerprint density at radius 3 is 2.47 bits per heavy atom. The van der Waals surface area contributed by atoms with Crippen molar-refractivity contribution in [2.24, 2.45) is 5.41 Å². The van der Waals surface area contributed by atoms with Gasteiger partial charge in [0.1, 0.15) is 23.7 Å². The van der Waals surface area contributed by atoms with Gasteiger partial charge in [-0.2, -0.15) is 5.26 Å². The van der Waals surface area contributed by atoms with Crippen molar-refractivity contribution >= 4 is 5.91 Å². The number of piperidine rings is 1. The Hall–Kier alpha value is -3.73. The minimum absolute atomic E-state index is 0.192. The summed E-state index contributed by atoms with van der Waals surface area (Å²) in [5, 5.41) is 9.98. The van der Waals surface area contributed by atoms with Crippen molar-refractivity contribution in [3.63, 3.8) is 0 Å². The number of carbonyl (C=O) groups is 1. The van der Waals surface area contributed by atoms with Gasteiger partial charge in [-0.15, -0.1) is 0 Å². The third-order valence-corrected chi connectivity index (χ3v) is 6.24. The monoisotopic (exact) mass is 433 g/mol. The summed E-state index contributed by atoms with van der Waals surface area (Å²) in [4.78, 5) is 27.4. The molecule has 1 saturated heterocycles. The second-order valence-corrected chi connectivity index (χ2v) is 7.98. The zero-order valence-electron chi connectivity index (χ0n) is 17.5. The van der Waals surface area contributed by atoms with E-state index in [0.717, 1.165) is 6.07 Å². The number of hydrogen-bond acceptors (Lipinski definition) is 5. The van der Waals surface area contributed by atoms with Crippen LogP contribution >= 0.6 is 0 Å². The first kappa shape index (κ1) is 21.5. The molecule has 3 heterocycles. The lowest BCUT2D eigenvalue weighted by Gasteiger charge is -2.41. The van der Waals surface area contributed by atoms with Crippen LogP contribution in [0.1, 0.15) is 41.6 Å². The standard InChI is InChI=1S/C24H21F2N5O/c1-16(17-11-18(25)13-19(26)12-17)24(14-27)5-9-31(10-6-24)23(32)20-3-2-7-29-22(20)21-4-8-28-15-30-21/h2-4,7-8,11-13,15-16H,5-6,9-10H2,1H3. The molecular weight excluding hydrogens is 412 g/mol. The highest BCUT2D eigenvalue weighted by Gasteiger charge is 2.42. The van der Waals surface area contributed by atoms with Crippen LogP contribution in [0.2, 0.25) is 0 Å². The SMILES string of the molecule is CC(c1cc(F)cc(F)c1)C1(C#N)CCN(C(=O)c2cccnc2-c2ccncn2)CC1. The molecule has 0 spiro atoms. The van der Waals surface area contributed by atoms with Crippen LogP contribution in [0.3, 0.4) is 0 Å². The summed E-state index contributed by atoms with van der Waals surface area (Å²) < 4.78 is 27.5. The molecule has 0 saturated carbocycles. The average molecular weight is 433 g/mol. The maximum absolute atomic E-state index is 13.7. The number of hydrogen-bond donors (Lipinski definition) is 0. The number of likely N-dealkylation sites (tertiary alicyclic amines) is 1. The van der Waals surface area contributed by atoms with Crippen LogP contribution in [0.25, 0.3) is 11.4 Å². The molecule has 4 rings (SSSR count). The molecule has 0 radical (unpaired) electrons. The van der Waals surface area contributed by atoms with Gasteiger partial charge in [-0.05, 0) is 48.7 Å². The first-order valence-corrected chi connectivity index (χ1v) is 10.3. The Labute approximate surface area is 184 Å². The molecule has 162 valence electrons. The molecule has 1 aromatic carbocycles. The molecular formula is C24H21F2N5O. The minimum atomic E-state index is -0.818. The first-order chi connectivity index (χ1) is 15.4. The van der Waals surface area contributed by atoms with Crippen molar-refractivity contribution in [1.29, 1.82) is 5.26 Å². The van der Waals surface area contributed by atoms with Crippen LogP contribution in [0, 0.1) is 28.4 Å². The quantitative estimate of drug-likeness (QED) is 0.610. The number of amides is 1. The lowest BCUT2D eigenvalue weighted by atomic mass is 9.68. The number of nitriles is 1. The Balaban J connectivity index is 1.55. The van der Waals surface area contributed by atoms with Crippen LogP contribution in [0.15, 0.2) is 55.1 Å². The predicted molar refractivity (Wildman–Crippen MR) is 113 cm³/mol. The molecule has 1 aliphatic heterocycles. The molecule has 6 nitrogen and oxygen atoms in total. The van der Waals surface area contributed by atoms with Gasteiger partial charge in [-0.1, -0.05) is 6.92 Å². The van der Waals surface area contributed by atoms with Crippen LogP contribution in [0.5, 0.6) is 0 Å². The Morgan fingerprint density at radius 1 is 1.12 bits per heavy atom. The second-order valence-electron chi connectivity index (χ2n) is 7.98. The summed E-state index contributed by atoms with van der Waals surface area (Å²) in [6, 6.07) is 10.8. The topological polar surface area (TPSA) is 82.8 Å². The van der Waals surface area contributed by atoms with E-state index in [9.17, 15) is 18.8 Å². The molecule has 2 aromatic heterocycles. The lowest BCUT2D eigenvalue weighted by molar-refractivity contribution is 0.0623. The van der Waals surface area contributed by atoms with Gasteiger partial charge in [0, 0.05) is 37.5 Å². The van der Waals surface area contributed by atoms with Gasteiger partial charge >= 0.3 is 0 Å². The maximum atomic E-state index is 13.7. The van der Waals surface area contributed by atoms with E-state index in [4.69, 9.17) is 0 Å². The number of carbonyl (C=O) groups excluding carboxylic acids is 1. The minimum Gasteiger partial charge on any atom is -0.338 e. The Bertz CT molecular complexity index is 1150. The van der Waals surface area contributed by atoms with E-state index < -0.39 is 17.0 Å². The van der Waals surface area contributed by atoms with Crippen molar-refractivity contribution in [2.45, 2.75) is 25.7 Å². The average Bonchev–Trinajstić information content (AvgIpc) is 2.83. The molecule has 1 aliphatic rings. The van der Waals surface area contributed by atoms with Crippen molar-refractivity contribution in [1.82, 2.24) is 19.9 Å². The maximum Gasteiger partial charge on any atom is 0.256 e. The number of rotatable bonds is 4. The molecule has 3 aromatic rings. The van der Waals surface area contributed by atoms with Gasteiger partial charge in [-0.3, -0.25) is 9.78 Å². The summed E-state index contributed by atoms with van der Waals surface area (Å²) >= 11 is 0. The van der Waals surface area contributed by atoms with E-state index in [1.54, 1.807) is 35.5 Å². The summed E-state index contributed by atoms with van der Waals surface area (Å²) in [7, 11) is 0. The van der Waals surface area contributed by atoms with Crippen LogP contribution in [-0.4, -0.2) is 38.8 Å². The van der Waals surface area contributed by atoms with Gasteiger partial charge in [-0.25, -0.2) is 18.7 Å². The van der Waals surface area contributed by atoms with E-state index in [1.165, 1.54) is 18.5 Å². The lowest BCUT2D eigenvalue weighted by Crippen LogP contribution is -2.44. The van der Waals surface area contributed by atoms with Crippen LogP contribution < -0.4 is 0 Å². The zero-order valence-corrected chi connectivity index (χ0v) is 17.5. The molecule has 1 atom stereocenters. The fourth-order valence-electron chi connectivity index (χ4n) is 4.28. The fourth-order valence-corrected chi connectivity index (χ4v) is 4.28. The number of pyridine rings is 1. The highest BCUT2D eigenvalue weighted by Crippen LogP contribution is 2.44. The van der Waals surface area contributed by atoms with E-state index in [0.29, 0.717) is 48.4 Å². The fraction of sp³-hybridized carbons (Fsp3) is 0.292. The van der Waals surface area contributed by atoms with Crippen molar-refractivity contribution in [3.8, 4) is 17.5 Å².